The third kappa shape index (κ3) is 4.76. The van der Waals surface area contributed by atoms with Gasteiger partial charge in [0.15, 0.2) is 11.5 Å². The van der Waals surface area contributed by atoms with Crippen LogP contribution in [0.3, 0.4) is 0 Å². The molecule has 0 bridgehead atoms. The van der Waals surface area contributed by atoms with Crippen LogP contribution in [0.25, 0.3) is 22.8 Å². The summed E-state index contributed by atoms with van der Waals surface area (Å²) in [6.07, 6.45) is 0. The Hall–Kier alpha value is -3.41. The average Bonchev–Trinajstić information content (AvgIpc) is 3.13. The molecule has 6 heteroatoms. The quantitative estimate of drug-likeness (QED) is 0.571. The highest BCUT2D eigenvalue weighted by Crippen LogP contribution is 2.32. The first-order valence-electron chi connectivity index (χ1n) is 9.86. The fraction of sp³-hybridized carbons (Fsp3) is 0.292. The van der Waals surface area contributed by atoms with Crippen LogP contribution in [0.4, 0.5) is 5.69 Å². The normalized spacial score (nSPS) is 11.2. The number of carbonyl (C=O) groups excluding carboxylic acids is 2. The third-order valence-corrected chi connectivity index (χ3v) is 4.56. The molecule has 0 saturated heterocycles. The van der Waals surface area contributed by atoms with Gasteiger partial charge in [-0.05, 0) is 54.3 Å². The molecule has 30 heavy (non-hydrogen) atoms. The molecule has 1 amide bonds. The zero-order chi connectivity index (χ0) is 21.9. The molecule has 3 rings (SSSR count). The summed E-state index contributed by atoms with van der Waals surface area (Å²) >= 11 is 0. The SMILES string of the molecule is CCOC(=O)c1nc(-c2ccc(C(C)(C)C)cc2)oc1-c1ccc(NC(C)=O)cc1. The molecule has 2 aromatic carbocycles. The van der Waals surface area contributed by atoms with E-state index in [9.17, 15) is 9.59 Å². The number of rotatable bonds is 5. The molecular formula is C24H26N2O4. The first kappa shape index (κ1) is 21.3. The number of nitrogens with one attached hydrogen (secondary N) is 1. The van der Waals surface area contributed by atoms with Crippen molar-refractivity contribution in [3.8, 4) is 22.8 Å². The first-order valence-corrected chi connectivity index (χ1v) is 9.86. The molecular weight excluding hydrogens is 380 g/mol. The highest BCUT2D eigenvalue weighted by molar-refractivity contribution is 5.95. The van der Waals surface area contributed by atoms with Gasteiger partial charge < -0.3 is 14.5 Å². The molecule has 0 atom stereocenters. The van der Waals surface area contributed by atoms with Crippen molar-refractivity contribution >= 4 is 17.6 Å². The van der Waals surface area contributed by atoms with Crippen LogP contribution in [0.15, 0.2) is 52.9 Å². The Balaban J connectivity index is 2.01. The lowest BCUT2D eigenvalue weighted by Gasteiger charge is -2.18. The second-order valence-corrected chi connectivity index (χ2v) is 8.00. The Labute approximate surface area is 176 Å². The summed E-state index contributed by atoms with van der Waals surface area (Å²) < 4.78 is 11.2. The minimum absolute atomic E-state index is 0.0338. The predicted molar refractivity (Wildman–Crippen MR) is 116 cm³/mol. The van der Waals surface area contributed by atoms with E-state index in [1.165, 1.54) is 12.5 Å². The predicted octanol–water partition coefficient (Wildman–Crippen LogP) is 5.44. The van der Waals surface area contributed by atoms with Crippen molar-refractivity contribution in [1.29, 1.82) is 0 Å². The number of oxazole rings is 1. The van der Waals surface area contributed by atoms with Crippen molar-refractivity contribution in [2.24, 2.45) is 0 Å². The van der Waals surface area contributed by atoms with Gasteiger partial charge in [0.1, 0.15) is 0 Å². The van der Waals surface area contributed by atoms with E-state index >= 15 is 0 Å². The zero-order valence-corrected chi connectivity index (χ0v) is 17.9. The second-order valence-electron chi connectivity index (χ2n) is 8.00. The first-order chi connectivity index (χ1) is 14.2. The number of carbonyl (C=O) groups is 2. The third-order valence-electron chi connectivity index (χ3n) is 4.56. The fourth-order valence-electron chi connectivity index (χ4n) is 3.00. The lowest BCUT2D eigenvalue weighted by atomic mass is 9.87. The molecule has 0 unspecified atom stereocenters. The average molecular weight is 406 g/mol. The Morgan fingerprint density at radius 1 is 1.00 bits per heavy atom. The standard InChI is InChI=1S/C24H26N2O4/c1-6-29-23(28)20-21(16-9-13-19(14-10-16)25-15(2)27)30-22(26-20)17-7-11-18(12-8-17)24(3,4)5/h7-14H,6H2,1-5H3,(H,25,27). The summed E-state index contributed by atoms with van der Waals surface area (Å²) in [6, 6.07) is 15.0. The van der Waals surface area contributed by atoms with Gasteiger partial charge in [-0.15, -0.1) is 0 Å². The molecule has 0 saturated carbocycles. The van der Waals surface area contributed by atoms with Gasteiger partial charge in [-0.3, -0.25) is 4.79 Å². The molecule has 6 nitrogen and oxygen atoms in total. The highest BCUT2D eigenvalue weighted by atomic mass is 16.5. The number of hydrogen-bond acceptors (Lipinski definition) is 5. The van der Waals surface area contributed by atoms with Crippen molar-refractivity contribution in [1.82, 2.24) is 4.98 Å². The van der Waals surface area contributed by atoms with Crippen LogP contribution < -0.4 is 5.32 Å². The monoisotopic (exact) mass is 406 g/mol. The number of hydrogen-bond donors (Lipinski definition) is 1. The van der Waals surface area contributed by atoms with Gasteiger partial charge in [0.2, 0.25) is 11.8 Å². The summed E-state index contributed by atoms with van der Waals surface area (Å²) in [4.78, 5) is 28.1. The molecule has 156 valence electrons. The van der Waals surface area contributed by atoms with Crippen LogP contribution in [0.2, 0.25) is 0 Å². The van der Waals surface area contributed by atoms with Crippen molar-refractivity contribution in [2.75, 3.05) is 11.9 Å². The smallest absolute Gasteiger partial charge is 0.361 e. The number of nitrogens with zero attached hydrogens (tertiary/aromatic N) is 1. The van der Waals surface area contributed by atoms with Crippen LogP contribution in [-0.2, 0) is 14.9 Å². The van der Waals surface area contributed by atoms with E-state index in [4.69, 9.17) is 9.15 Å². The van der Waals surface area contributed by atoms with Crippen LogP contribution >= 0.6 is 0 Å². The van der Waals surface area contributed by atoms with Crippen molar-refractivity contribution < 1.29 is 18.7 Å². The molecule has 0 fully saturated rings. The summed E-state index contributed by atoms with van der Waals surface area (Å²) in [7, 11) is 0. The summed E-state index contributed by atoms with van der Waals surface area (Å²) in [5.41, 5.74) is 3.44. The van der Waals surface area contributed by atoms with Crippen LogP contribution in [0, 0.1) is 0 Å². The maximum absolute atomic E-state index is 12.5. The summed E-state index contributed by atoms with van der Waals surface area (Å²) in [6.45, 7) is 9.87. The van der Waals surface area contributed by atoms with Gasteiger partial charge >= 0.3 is 5.97 Å². The molecule has 1 heterocycles. The van der Waals surface area contributed by atoms with E-state index in [2.05, 4.69) is 31.1 Å². The Bertz CT molecular complexity index is 1040. The van der Waals surface area contributed by atoms with Gasteiger partial charge in [0, 0.05) is 23.7 Å². The Morgan fingerprint density at radius 2 is 1.60 bits per heavy atom. The van der Waals surface area contributed by atoms with Gasteiger partial charge in [-0.1, -0.05) is 32.9 Å². The number of ether oxygens (including phenoxy) is 1. The fourth-order valence-corrected chi connectivity index (χ4v) is 3.00. The number of amides is 1. The van der Waals surface area contributed by atoms with Crippen LogP contribution in [0.5, 0.6) is 0 Å². The van der Waals surface area contributed by atoms with Gasteiger partial charge in [0.05, 0.1) is 6.61 Å². The van der Waals surface area contributed by atoms with Gasteiger partial charge in [0.25, 0.3) is 0 Å². The lowest BCUT2D eigenvalue weighted by molar-refractivity contribution is -0.114. The Kier molecular flexibility index (Phi) is 6.06. The lowest BCUT2D eigenvalue weighted by Crippen LogP contribution is -2.10. The number of aromatic nitrogens is 1. The molecule has 1 N–H and O–H groups in total. The largest absolute Gasteiger partial charge is 0.461 e. The minimum atomic E-state index is -0.542. The second kappa shape index (κ2) is 8.53. The summed E-state index contributed by atoms with van der Waals surface area (Å²) in [5.74, 6) is -0.0208. The topological polar surface area (TPSA) is 81.4 Å². The van der Waals surface area contributed by atoms with Gasteiger partial charge in [-0.25, -0.2) is 9.78 Å². The van der Waals surface area contributed by atoms with E-state index in [1.807, 2.05) is 24.3 Å². The van der Waals surface area contributed by atoms with E-state index in [0.29, 0.717) is 22.9 Å². The summed E-state index contributed by atoms with van der Waals surface area (Å²) in [5, 5.41) is 2.71. The van der Waals surface area contributed by atoms with E-state index in [1.54, 1.807) is 31.2 Å². The molecule has 3 aromatic rings. The van der Waals surface area contributed by atoms with E-state index < -0.39 is 5.97 Å². The number of esters is 1. The van der Waals surface area contributed by atoms with Crippen molar-refractivity contribution in [3.63, 3.8) is 0 Å². The highest BCUT2D eigenvalue weighted by Gasteiger charge is 2.24. The zero-order valence-electron chi connectivity index (χ0n) is 17.9. The minimum Gasteiger partial charge on any atom is -0.461 e. The van der Waals surface area contributed by atoms with Crippen molar-refractivity contribution in [2.45, 2.75) is 40.0 Å². The molecule has 0 aliphatic heterocycles. The molecule has 0 spiro atoms. The molecule has 0 aliphatic carbocycles. The maximum atomic E-state index is 12.5. The van der Waals surface area contributed by atoms with E-state index in [-0.39, 0.29) is 23.6 Å². The van der Waals surface area contributed by atoms with E-state index in [0.717, 1.165) is 5.56 Å². The molecule has 0 radical (unpaired) electrons. The number of anilines is 1. The van der Waals surface area contributed by atoms with Crippen LogP contribution in [-0.4, -0.2) is 23.5 Å². The molecule has 1 aromatic heterocycles. The Morgan fingerprint density at radius 3 is 2.13 bits per heavy atom. The number of benzene rings is 2. The van der Waals surface area contributed by atoms with Gasteiger partial charge in [-0.2, -0.15) is 0 Å². The van der Waals surface area contributed by atoms with Crippen LogP contribution in [0.1, 0.15) is 50.7 Å². The molecule has 0 aliphatic rings. The maximum Gasteiger partial charge on any atom is 0.361 e. The van der Waals surface area contributed by atoms with Crippen molar-refractivity contribution in [3.05, 3.63) is 59.8 Å².